The summed E-state index contributed by atoms with van der Waals surface area (Å²) < 4.78 is 24.0. The fourth-order valence-corrected chi connectivity index (χ4v) is 4.65. The predicted molar refractivity (Wildman–Crippen MR) is 141 cm³/mol. The smallest absolute Gasteiger partial charge is 0.166 e. The van der Waals surface area contributed by atoms with Gasteiger partial charge in [0.1, 0.15) is 13.2 Å². The number of benzene rings is 4. The molecule has 4 aromatic carbocycles. The maximum absolute atomic E-state index is 6.37. The first-order chi connectivity index (χ1) is 17.8. The van der Waals surface area contributed by atoms with E-state index < -0.39 is 0 Å². The zero-order valence-corrected chi connectivity index (χ0v) is 20.7. The molecule has 0 radical (unpaired) electrons. The number of hydrogen-bond donors (Lipinski definition) is 1. The fraction of sp³-hybridized carbons (Fsp3) is 0.226. The number of nitrogens with one attached hydrogen (secondary N) is 1. The summed E-state index contributed by atoms with van der Waals surface area (Å²) in [5.41, 5.74) is 5.64. The number of hydrogen-bond acceptors (Lipinski definition) is 5. The Kier molecular flexibility index (Phi) is 7.39. The van der Waals surface area contributed by atoms with Crippen molar-refractivity contribution < 1.29 is 18.9 Å². The summed E-state index contributed by atoms with van der Waals surface area (Å²) in [5.74, 6) is 2.93. The summed E-state index contributed by atoms with van der Waals surface area (Å²) in [6, 6.07) is 30.5. The normalized spacial score (nSPS) is 14.6. The molecule has 1 heterocycles. The van der Waals surface area contributed by atoms with Gasteiger partial charge in [0.25, 0.3) is 0 Å². The zero-order valence-electron chi connectivity index (χ0n) is 20.7. The summed E-state index contributed by atoms with van der Waals surface area (Å²) in [6.45, 7) is 1.78. The maximum atomic E-state index is 6.37. The first kappa shape index (κ1) is 23.8. The summed E-state index contributed by atoms with van der Waals surface area (Å²) in [7, 11) is 3.37. The van der Waals surface area contributed by atoms with E-state index in [-0.39, 0.29) is 6.04 Å². The van der Waals surface area contributed by atoms with Crippen LogP contribution in [0, 0.1) is 0 Å². The molecular formula is C31H31NO4. The molecule has 1 N–H and O–H groups in total. The standard InChI is InChI=1S/C31H31NO4/c1-33-27-15-9-14-25(31(27)36-21-23-12-7-4-8-13-23)30-26-19-29(35-20-22-10-5-3-6-11-22)28(34-2)18-24(26)16-17-32-30/h3-15,18-19,30,32H,16-17,20-21H2,1-2H3. The molecule has 1 unspecified atom stereocenters. The summed E-state index contributed by atoms with van der Waals surface area (Å²) in [5, 5.41) is 3.69. The van der Waals surface area contributed by atoms with Crippen molar-refractivity contribution in [2.75, 3.05) is 20.8 Å². The van der Waals surface area contributed by atoms with Crippen LogP contribution in [-0.4, -0.2) is 20.8 Å². The van der Waals surface area contributed by atoms with Gasteiger partial charge < -0.3 is 24.3 Å². The van der Waals surface area contributed by atoms with Gasteiger partial charge in [-0.05, 0) is 46.9 Å². The van der Waals surface area contributed by atoms with Crippen LogP contribution < -0.4 is 24.3 Å². The van der Waals surface area contributed by atoms with Gasteiger partial charge in [-0.25, -0.2) is 0 Å². The summed E-state index contributed by atoms with van der Waals surface area (Å²) >= 11 is 0. The topological polar surface area (TPSA) is 49.0 Å². The molecule has 0 fully saturated rings. The monoisotopic (exact) mass is 481 g/mol. The molecule has 0 saturated carbocycles. The van der Waals surface area contributed by atoms with Crippen molar-refractivity contribution in [2.24, 2.45) is 0 Å². The Labute approximate surface area is 212 Å². The third-order valence-corrected chi connectivity index (χ3v) is 6.48. The number of para-hydroxylation sites is 1. The Hall–Kier alpha value is -3.96. The first-order valence-corrected chi connectivity index (χ1v) is 12.2. The quantitative estimate of drug-likeness (QED) is 0.313. The van der Waals surface area contributed by atoms with Crippen LogP contribution >= 0.6 is 0 Å². The van der Waals surface area contributed by atoms with Crippen molar-refractivity contribution in [3.8, 4) is 23.0 Å². The Bertz CT molecular complexity index is 1290. The molecule has 5 heteroatoms. The maximum Gasteiger partial charge on any atom is 0.166 e. The molecule has 0 spiro atoms. The lowest BCUT2D eigenvalue weighted by Crippen LogP contribution is -2.31. The van der Waals surface area contributed by atoms with Crippen molar-refractivity contribution in [3.05, 3.63) is 119 Å². The number of methoxy groups -OCH3 is 2. The van der Waals surface area contributed by atoms with Crippen LogP contribution in [-0.2, 0) is 19.6 Å². The van der Waals surface area contributed by atoms with Gasteiger partial charge in [0, 0.05) is 12.1 Å². The third-order valence-electron chi connectivity index (χ3n) is 6.48. The molecule has 184 valence electrons. The van der Waals surface area contributed by atoms with Crippen molar-refractivity contribution in [1.82, 2.24) is 5.32 Å². The van der Waals surface area contributed by atoms with Crippen LogP contribution in [0.5, 0.6) is 23.0 Å². The molecule has 5 rings (SSSR count). The van der Waals surface area contributed by atoms with Gasteiger partial charge in [-0.1, -0.05) is 72.8 Å². The average molecular weight is 482 g/mol. The van der Waals surface area contributed by atoms with E-state index in [1.807, 2.05) is 48.5 Å². The van der Waals surface area contributed by atoms with Crippen molar-refractivity contribution in [2.45, 2.75) is 25.7 Å². The SMILES string of the molecule is COc1cc2c(cc1OCc1ccccc1)C(c1cccc(OC)c1OCc1ccccc1)NCC2. The zero-order chi connectivity index (χ0) is 24.7. The highest BCUT2D eigenvalue weighted by atomic mass is 16.5. The second-order valence-electron chi connectivity index (χ2n) is 8.77. The first-order valence-electron chi connectivity index (χ1n) is 12.2. The molecule has 4 aromatic rings. The van der Waals surface area contributed by atoms with E-state index in [1.54, 1.807) is 14.2 Å². The lowest BCUT2D eigenvalue weighted by atomic mass is 9.88. The van der Waals surface area contributed by atoms with Crippen LogP contribution in [0.25, 0.3) is 0 Å². The van der Waals surface area contributed by atoms with Gasteiger partial charge >= 0.3 is 0 Å². The summed E-state index contributed by atoms with van der Waals surface area (Å²) in [4.78, 5) is 0. The molecule has 1 aliphatic rings. The molecule has 5 nitrogen and oxygen atoms in total. The molecule has 0 saturated heterocycles. The molecule has 0 amide bonds. The predicted octanol–water partition coefficient (Wildman–Crippen LogP) is 6.10. The summed E-state index contributed by atoms with van der Waals surface area (Å²) in [6.07, 6.45) is 0.908. The Morgan fingerprint density at radius 2 is 1.33 bits per heavy atom. The lowest BCUT2D eigenvalue weighted by Gasteiger charge is -2.30. The van der Waals surface area contributed by atoms with E-state index in [1.165, 1.54) is 5.56 Å². The van der Waals surface area contributed by atoms with Gasteiger partial charge in [-0.15, -0.1) is 0 Å². The lowest BCUT2D eigenvalue weighted by molar-refractivity contribution is 0.277. The van der Waals surface area contributed by atoms with E-state index in [2.05, 4.69) is 47.8 Å². The highest BCUT2D eigenvalue weighted by Gasteiger charge is 2.28. The Morgan fingerprint density at radius 3 is 2.00 bits per heavy atom. The highest BCUT2D eigenvalue weighted by molar-refractivity contribution is 5.56. The number of rotatable bonds is 9. The van der Waals surface area contributed by atoms with Gasteiger partial charge in [0.05, 0.1) is 20.3 Å². The fourth-order valence-electron chi connectivity index (χ4n) is 4.65. The minimum absolute atomic E-state index is 0.0698. The van der Waals surface area contributed by atoms with Crippen molar-refractivity contribution in [3.63, 3.8) is 0 Å². The Balaban J connectivity index is 1.49. The Morgan fingerprint density at radius 1 is 0.667 bits per heavy atom. The van der Waals surface area contributed by atoms with Crippen LogP contribution in [0.2, 0.25) is 0 Å². The minimum atomic E-state index is -0.0698. The average Bonchev–Trinajstić information content (AvgIpc) is 2.95. The highest BCUT2D eigenvalue weighted by Crippen LogP contribution is 2.43. The second-order valence-corrected chi connectivity index (χ2v) is 8.77. The van der Waals surface area contributed by atoms with E-state index in [4.69, 9.17) is 18.9 Å². The van der Waals surface area contributed by atoms with Crippen LogP contribution in [0.4, 0.5) is 0 Å². The van der Waals surface area contributed by atoms with Crippen LogP contribution in [0.15, 0.2) is 91.0 Å². The van der Waals surface area contributed by atoms with E-state index in [9.17, 15) is 0 Å². The van der Waals surface area contributed by atoms with Gasteiger partial charge in [-0.3, -0.25) is 0 Å². The molecule has 0 aromatic heterocycles. The third kappa shape index (κ3) is 5.16. The molecule has 1 aliphatic heterocycles. The molecule has 0 bridgehead atoms. The second kappa shape index (κ2) is 11.2. The van der Waals surface area contributed by atoms with E-state index in [0.29, 0.717) is 19.0 Å². The van der Waals surface area contributed by atoms with Gasteiger partial charge in [0.15, 0.2) is 23.0 Å². The number of ether oxygens (including phenoxy) is 4. The van der Waals surface area contributed by atoms with Gasteiger partial charge in [0.2, 0.25) is 0 Å². The van der Waals surface area contributed by atoms with Crippen molar-refractivity contribution >= 4 is 0 Å². The molecular weight excluding hydrogens is 450 g/mol. The number of fused-ring (bicyclic) bond motifs is 1. The van der Waals surface area contributed by atoms with Crippen LogP contribution in [0.1, 0.15) is 33.9 Å². The molecule has 1 atom stereocenters. The van der Waals surface area contributed by atoms with Crippen LogP contribution in [0.3, 0.4) is 0 Å². The molecule has 36 heavy (non-hydrogen) atoms. The largest absolute Gasteiger partial charge is 0.493 e. The van der Waals surface area contributed by atoms with Crippen molar-refractivity contribution in [1.29, 1.82) is 0 Å². The molecule has 0 aliphatic carbocycles. The van der Waals surface area contributed by atoms with Gasteiger partial charge in [-0.2, -0.15) is 0 Å². The minimum Gasteiger partial charge on any atom is -0.493 e. The van der Waals surface area contributed by atoms with E-state index in [0.717, 1.165) is 52.5 Å². The van der Waals surface area contributed by atoms with E-state index >= 15 is 0 Å².